The van der Waals surface area contributed by atoms with Crippen LogP contribution in [0.25, 0.3) is 0 Å². The topological polar surface area (TPSA) is 95.8 Å². The number of aliphatic hydroxyl groups is 2. The molecule has 9 heteroatoms. The van der Waals surface area contributed by atoms with E-state index in [1.54, 1.807) is 6.08 Å². The molecule has 3 aliphatic rings. The van der Waals surface area contributed by atoms with Crippen LogP contribution in [0.5, 0.6) is 0 Å². The summed E-state index contributed by atoms with van der Waals surface area (Å²) in [5.41, 5.74) is 0. The number of fused-ring (bicyclic) bond motifs is 1. The van der Waals surface area contributed by atoms with Crippen LogP contribution in [0.1, 0.15) is 87.0 Å². The highest BCUT2D eigenvalue weighted by Gasteiger charge is 2.69. The summed E-state index contributed by atoms with van der Waals surface area (Å²) in [6, 6.07) is 0. The molecule has 0 radical (unpaired) electrons. The third-order valence-electron chi connectivity index (χ3n) is 9.13. The van der Waals surface area contributed by atoms with Gasteiger partial charge in [-0.25, -0.2) is 0 Å². The first-order valence-electron chi connectivity index (χ1n) is 14.2. The standard InChI is InChI=1S/C28H52O8Si/c1-11-16-17-20(29)28(30)24-23(33-27(14-4,15-5)35-24)22(34-28)21(36-37(9,10)25(6,7)8)19-18-31-26(12-2,13-3)32-19/h11,19-24,29-30H,1,12-18H2,2-10H3/t19-,20+,21+,22+,23-,24-,28+/m1/s1. The van der Waals surface area contributed by atoms with Crippen molar-refractivity contribution < 1.29 is 38.3 Å². The molecule has 3 saturated heterocycles. The Morgan fingerprint density at radius 1 is 1.00 bits per heavy atom. The second-order valence-electron chi connectivity index (χ2n) is 12.4. The average Bonchev–Trinajstić information content (AvgIpc) is 3.53. The van der Waals surface area contributed by atoms with Crippen LogP contribution in [0.2, 0.25) is 18.1 Å². The summed E-state index contributed by atoms with van der Waals surface area (Å²) in [5.74, 6) is -3.50. The van der Waals surface area contributed by atoms with E-state index in [4.69, 9.17) is 28.1 Å². The minimum absolute atomic E-state index is 0.0707. The molecule has 0 aliphatic carbocycles. The number of hydrogen-bond acceptors (Lipinski definition) is 8. The summed E-state index contributed by atoms with van der Waals surface area (Å²) in [4.78, 5) is 0. The fourth-order valence-electron chi connectivity index (χ4n) is 5.37. The average molecular weight is 545 g/mol. The molecule has 3 aliphatic heterocycles. The van der Waals surface area contributed by atoms with Crippen LogP contribution in [0.3, 0.4) is 0 Å². The van der Waals surface area contributed by atoms with Gasteiger partial charge in [-0.3, -0.25) is 0 Å². The first-order chi connectivity index (χ1) is 17.2. The van der Waals surface area contributed by atoms with Crippen LogP contribution in [-0.2, 0) is 28.1 Å². The molecule has 0 amide bonds. The highest BCUT2D eigenvalue weighted by atomic mass is 28.4. The minimum atomic E-state index is -2.33. The Morgan fingerprint density at radius 2 is 1.59 bits per heavy atom. The molecule has 216 valence electrons. The maximum absolute atomic E-state index is 11.9. The van der Waals surface area contributed by atoms with Crippen molar-refractivity contribution in [3.63, 3.8) is 0 Å². The SMILES string of the molecule is C=CCC[C@H](O)[C@]1(O)O[C@@H]([C@@H](O[Si](C)(C)C(C)(C)C)[C@H]2COC(CC)(CC)O2)[C@H]2OC(CC)(CC)O[C@H]21. The highest BCUT2D eigenvalue weighted by molar-refractivity contribution is 6.74. The molecule has 0 aromatic carbocycles. The van der Waals surface area contributed by atoms with Gasteiger partial charge in [0.15, 0.2) is 19.9 Å². The van der Waals surface area contributed by atoms with Crippen LogP contribution in [-0.4, -0.2) is 79.1 Å². The summed E-state index contributed by atoms with van der Waals surface area (Å²) >= 11 is 0. The molecule has 3 rings (SSSR count). The zero-order valence-corrected chi connectivity index (χ0v) is 25.5. The van der Waals surface area contributed by atoms with E-state index in [0.29, 0.717) is 38.7 Å². The van der Waals surface area contributed by atoms with Crippen LogP contribution in [0, 0.1) is 0 Å². The Bertz CT molecular complexity index is 775. The highest BCUT2D eigenvalue weighted by Crippen LogP contribution is 2.51. The van der Waals surface area contributed by atoms with Crippen LogP contribution < -0.4 is 0 Å². The predicted octanol–water partition coefficient (Wildman–Crippen LogP) is 5.02. The molecule has 0 spiro atoms. The van der Waals surface area contributed by atoms with Crippen molar-refractivity contribution in [3.8, 4) is 0 Å². The summed E-state index contributed by atoms with van der Waals surface area (Å²) in [6.07, 6.45) is 0.748. The van der Waals surface area contributed by atoms with Crippen molar-refractivity contribution in [3.05, 3.63) is 12.7 Å². The predicted molar refractivity (Wildman–Crippen MR) is 145 cm³/mol. The minimum Gasteiger partial charge on any atom is -0.408 e. The quantitative estimate of drug-likeness (QED) is 0.261. The molecule has 2 N–H and O–H groups in total. The van der Waals surface area contributed by atoms with Crippen molar-refractivity contribution in [2.24, 2.45) is 0 Å². The third kappa shape index (κ3) is 5.76. The second kappa shape index (κ2) is 11.3. The van der Waals surface area contributed by atoms with Gasteiger partial charge in [-0.1, -0.05) is 54.5 Å². The smallest absolute Gasteiger partial charge is 0.222 e. The molecule has 7 atom stereocenters. The Balaban J connectivity index is 2.04. The second-order valence-corrected chi connectivity index (χ2v) is 17.1. The molecule has 0 unspecified atom stereocenters. The zero-order chi connectivity index (χ0) is 27.9. The van der Waals surface area contributed by atoms with E-state index in [9.17, 15) is 10.2 Å². The monoisotopic (exact) mass is 544 g/mol. The van der Waals surface area contributed by atoms with Gasteiger partial charge in [0.1, 0.15) is 36.6 Å². The van der Waals surface area contributed by atoms with Crippen LogP contribution in [0.15, 0.2) is 12.7 Å². The molecule has 8 nitrogen and oxygen atoms in total. The molecular formula is C28H52O8Si. The van der Waals surface area contributed by atoms with E-state index >= 15 is 0 Å². The molecule has 0 aromatic heterocycles. The lowest BCUT2D eigenvalue weighted by molar-refractivity contribution is -0.321. The lowest BCUT2D eigenvalue weighted by atomic mass is 9.95. The molecular weight excluding hydrogens is 492 g/mol. The van der Waals surface area contributed by atoms with E-state index in [0.717, 1.165) is 0 Å². The summed E-state index contributed by atoms with van der Waals surface area (Å²) < 4.78 is 39.2. The zero-order valence-electron chi connectivity index (χ0n) is 24.5. The van der Waals surface area contributed by atoms with Crippen LogP contribution >= 0.6 is 0 Å². The normalized spacial score (nSPS) is 34.9. The van der Waals surface area contributed by atoms with E-state index in [-0.39, 0.29) is 11.5 Å². The molecule has 3 fully saturated rings. The largest absolute Gasteiger partial charge is 0.408 e. The Morgan fingerprint density at radius 3 is 2.08 bits per heavy atom. The number of hydrogen-bond donors (Lipinski definition) is 2. The molecule has 0 aromatic rings. The van der Waals surface area contributed by atoms with Crippen LogP contribution in [0.4, 0.5) is 0 Å². The van der Waals surface area contributed by atoms with Gasteiger partial charge in [0.05, 0.1) is 6.61 Å². The van der Waals surface area contributed by atoms with Gasteiger partial charge in [0, 0.05) is 0 Å². The van der Waals surface area contributed by atoms with Crippen molar-refractivity contribution in [1.29, 1.82) is 0 Å². The number of rotatable bonds is 12. The maximum Gasteiger partial charge on any atom is 0.222 e. The first-order valence-corrected chi connectivity index (χ1v) is 17.1. The fraction of sp³-hybridized carbons (Fsp3) is 0.929. The Kier molecular flexibility index (Phi) is 9.48. The van der Waals surface area contributed by atoms with Crippen molar-refractivity contribution >= 4 is 8.32 Å². The van der Waals surface area contributed by atoms with Gasteiger partial charge in [0.2, 0.25) is 5.79 Å². The summed E-state index contributed by atoms with van der Waals surface area (Å²) in [7, 11) is -2.33. The molecule has 0 saturated carbocycles. The lowest BCUT2D eigenvalue weighted by Gasteiger charge is -2.43. The molecule has 37 heavy (non-hydrogen) atoms. The number of ether oxygens (including phenoxy) is 5. The van der Waals surface area contributed by atoms with Gasteiger partial charge in [0.25, 0.3) is 0 Å². The third-order valence-corrected chi connectivity index (χ3v) is 13.6. The van der Waals surface area contributed by atoms with Gasteiger partial charge in [-0.15, -0.1) is 6.58 Å². The summed E-state index contributed by atoms with van der Waals surface area (Å²) in [6.45, 7) is 23.2. The van der Waals surface area contributed by atoms with E-state index in [2.05, 4.69) is 54.3 Å². The first kappa shape index (κ1) is 31.2. The fourth-order valence-corrected chi connectivity index (χ4v) is 6.69. The number of allylic oxidation sites excluding steroid dienone is 1. The number of aliphatic hydroxyl groups excluding tert-OH is 1. The van der Waals surface area contributed by atoms with Gasteiger partial charge < -0.3 is 38.3 Å². The Hall–Kier alpha value is -0.363. The summed E-state index contributed by atoms with van der Waals surface area (Å²) in [5, 5.41) is 22.9. The molecule has 3 heterocycles. The molecule has 0 bridgehead atoms. The lowest BCUT2D eigenvalue weighted by Crippen LogP contribution is -2.55. The van der Waals surface area contributed by atoms with Gasteiger partial charge in [-0.2, -0.15) is 0 Å². The Labute approximate surface area is 225 Å². The van der Waals surface area contributed by atoms with Crippen molar-refractivity contribution in [2.45, 2.75) is 159 Å². The van der Waals surface area contributed by atoms with Gasteiger partial charge in [-0.05, 0) is 56.7 Å². The van der Waals surface area contributed by atoms with Crippen molar-refractivity contribution in [2.75, 3.05) is 6.61 Å². The van der Waals surface area contributed by atoms with E-state index in [1.807, 2.05) is 13.8 Å². The van der Waals surface area contributed by atoms with E-state index < -0.39 is 62.3 Å². The van der Waals surface area contributed by atoms with Crippen molar-refractivity contribution in [1.82, 2.24) is 0 Å². The maximum atomic E-state index is 11.9. The van der Waals surface area contributed by atoms with E-state index in [1.165, 1.54) is 0 Å². The van der Waals surface area contributed by atoms with Gasteiger partial charge >= 0.3 is 0 Å².